The molecule has 1 aromatic rings. The van der Waals surface area contributed by atoms with Gasteiger partial charge in [0.05, 0.1) is 16.6 Å². The highest BCUT2D eigenvalue weighted by Gasteiger charge is 2.31. The fraction of sp³-hybridized carbons (Fsp3) is 0.417. The number of benzene rings is 1. The third-order valence-electron chi connectivity index (χ3n) is 3.29. The first-order chi connectivity index (χ1) is 9.31. The van der Waals surface area contributed by atoms with E-state index in [4.69, 9.17) is 5.73 Å². The molecule has 8 heteroatoms. The molecule has 110 valence electrons. The van der Waals surface area contributed by atoms with Crippen LogP contribution in [0.2, 0.25) is 0 Å². The van der Waals surface area contributed by atoms with E-state index in [0.29, 0.717) is 18.9 Å². The summed E-state index contributed by atoms with van der Waals surface area (Å²) in [7, 11) is -3.17. The van der Waals surface area contributed by atoms with Gasteiger partial charge in [0.1, 0.15) is 0 Å². The molecule has 0 saturated carbocycles. The number of hydrogen-bond donors (Lipinski definition) is 2. The molecular formula is C12H14F2N2O3S. The number of sulfone groups is 1. The van der Waals surface area contributed by atoms with Gasteiger partial charge in [0, 0.05) is 18.3 Å². The van der Waals surface area contributed by atoms with Gasteiger partial charge in [0.25, 0.3) is 5.91 Å². The molecule has 1 saturated heterocycles. The summed E-state index contributed by atoms with van der Waals surface area (Å²) in [6, 6.07) is 1.42. The molecule has 1 fully saturated rings. The van der Waals surface area contributed by atoms with Gasteiger partial charge in [-0.15, -0.1) is 0 Å². The van der Waals surface area contributed by atoms with Crippen molar-refractivity contribution in [2.75, 3.05) is 18.0 Å². The maximum absolute atomic E-state index is 13.1. The minimum absolute atomic E-state index is 0.0560. The van der Waals surface area contributed by atoms with Gasteiger partial charge in [0.15, 0.2) is 21.5 Å². The zero-order valence-corrected chi connectivity index (χ0v) is 11.3. The van der Waals surface area contributed by atoms with Crippen LogP contribution in [-0.2, 0) is 9.84 Å². The van der Waals surface area contributed by atoms with Crippen LogP contribution in [0.1, 0.15) is 23.2 Å². The summed E-state index contributed by atoms with van der Waals surface area (Å²) in [5.74, 6) is -2.93. The quantitative estimate of drug-likeness (QED) is 0.810. The first-order valence-corrected chi connectivity index (χ1v) is 7.77. The molecule has 0 aromatic heterocycles. The Kier molecular flexibility index (Phi) is 3.94. The highest BCUT2D eigenvalue weighted by molar-refractivity contribution is 7.92. The van der Waals surface area contributed by atoms with Crippen LogP contribution in [0, 0.1) is 11.6 Å². The second-order valence-corrected chi connectivity index (χ2v) is 7.10. The number of amides is 1. The number of nitrogens with one attached hydrogen (secondary N) is 1. The fourth-order valence-corrected chi connectivity index (χ4v) is 3.91. The van der Waals surface area contributed by atoms with E-state index in [-0.39, 0.29) is 23.5 Å². The predicted molar refractivity (Wildman–Crippen MR) is 69.9 cm³/mol. The summed E-state index contributed by atoms with van der Waals surface area (Å²) >= 11 is 0. The van der Waals surface area contributed by atoms with E-state index in [1.807, 2.05) is 0 Å². The summed E-state index contributed by atoms with van der Waals surface area (Å²) in [6.07, 6.45) is 1.05. The van der Waals surface area contributed by atoms with Crippen molar-refractivity contribution < 1.29 is 22.0 Å². The van der Waals surface area contributed by atoms with Crippen molar-refractivity contribution in [3.8, 4) is 0 Å². The molecule has 0 bridgehead atoms. The molecule has 0 radical (unpaired) electrons. The van der Waals surface area contributed by atoms with Crippen molar-refractivity contribution in [3.63, 3.8) is 0 Å². The number of nitrogens with two attached hydrogens (primary N) is 1. The zero-order valence-electron chi connectivity index (χ0n) is 10.5. The molecule has 3 N–H and O–H groups in total. The lowest BCUT2D eigenvalue weighted by Crippen LogP contribution is -2.35. The Morgan fingerprint density at radius 3 is 2.60 bits per heavy atom. The van der Waals surface area contributed by atoms with Gasteiger partial charge >= 0.3 is 0 Å². The maximum Gasteiger partial charge on any atom is 0.253 e. The highest BCUT2D eigenvalue weighted by atomic mass is 32.2. The molecule has 0 spiro atoms. The van der Waals surface area contributed by atoms with Crippen molar-refractivity contribution in [2.24, 2.45) is 0 Å². The predicted octanol–water partition coefficient (Wildman–Crippen LogP) is 0.854. The molecule has 1 amide bonds. The normalized spacial score (nSPS) is 20.8. The van der Waals surface area contributed by atoms with Crippen molar-refractivity contribution in [2.45, 2.75) is 18.1 Å². The van der Waals surface area contributed by atoms with E-state index < -0.39 is 32.6 Å². The number of hydrogen-bond acceptors (Lipinski definition) is 4. The third-order valence-corrected chi connectivity index (χ3v) is 5.57. The molecule has 1 aliphatic heterocycles. The third kappa shape index (κ3) is 2.90. The second kappa shape index (κ2) is 5.35. The molecule has 1 unspecified atom stereocenters. The Labute approximate surface area is 115 Å². The van der Waals surface area contributed by atoms with Crippen LogP contribution in [0.15, 0.2) is 12.1 Å². The number of nitrogen functional groups attached to an aromatic ring is 1. The van der Waals surface area contributed by atoms with Crippen molar-refractivity contribution in [1.82, 2.24) is 5.32 Å². The van der Waals surface area contributed by atoms with Crippen molar-refractivity contribution in [1.29, 1.82) is 0 Å². The lowest BCUT2D eigenvalue weighted by Gasteiger charge is -2.12. The average molecular weight is 304 g/mol. The number of rotatable bonds is 3. The van der Waals surface area contributed by atoms with Gasteiger partial charge in [-0.2, -0.15) is 0 Å². The van der Waals surface area contributed by atoms with Crippen LogP contribution >= 0.6 is 0 Å². The zero-order chi connectivity index (χ0) is 14.9. The number of halogens is 2. The summed E-state index contributed by atoms with van der Waals surface area (Å²) < 4.78 is 49.1. The Hall–Kier alpha value is -1.70. The van der Waals surface area contributed by atoms with Crippen LogP contribution in [0.25, 0.3) is 0 Å². The Morgan fingerprint density at radius 2 is 2.00 bits per heavy atom. The van der Waals surface area contributed by atoms with E-state index in [2.05, 4.69) is 5.32 Å². The molecule has 0 aliphatic carbocycles. The van der Waals surface area contributed by atoms with Crippen LogP contribution in [0.3, 0.4) is 0 Å². The van der Waals surface area contributed by atoms with Gasteiger partial charge in [-0.05, 0) is 18.9 Å². The van der Waals surface area contributed by atoms with Crippen LogP contribution < -0.4 is 11.1 Å². The summed E-state index contributed by atoms with van der Waals surface area (Å²) in [6.45, 7) is -0.0560. The molecule has 1 aromatic carbocycles. The van der Waals surface area contributed by atoms with E-state index >= 15 is 0 Å². The molecular weight excluding hydrogens is 290 g/mol. The molecule has 20 heavy (non-hydrogen) atoms. The van der Waals surface area contributed by atoms with E-state index in [1.54, 1.807) is 0 Å². The second-order valence-electron chi connectivity index (χ2n) is 4.69. The van der Waals surface area contributed by atoms with E-state index in [9.17, 15) is 22.0 Å². The van der Waals surface area contributed by atoms with Gasteiger partial charge in [-0.25, -0.2) is 17.2 Å². The number of carbonyl (C=O) groups is 1. The molecule has 2 rings (SSSR count). The SMILES string of the molecule is Nc1cc(F)c(F)cc1C(=O)NCC1CCCS1(=O)=O. The minimum Gasteiger partial charge on any atom is -0.398 e. The Balaban J connectivity index is 2.08. The summed E-state index contributed by atoms with van der Waals surface area (Å²) in [4.78, 5) is 11.8. The highest BCUT2D eigenvalue weighted by Crippen LogP contribution is 2.20. The molecule has 1 aliphatic rings. The fourth-order valence-electron chi connectivity index (χ4n) is 2.15. The Morgan fingerprint density at radius 1 is 1.35 bits per heavy atom. The first kappa shape index (κ1) is 14.7. The van der Waals surface area contributed by atoms with Gasteiger partial charge in [-0.1, -0.05) is 0 Å². The molecule has 1 atom stereocenters. The van der Waals surface area contributed by atoms with Crippen LogP contribution in [0.4, 0.5) is 14.5 Å². The van der Waals surface area contributed by atoms with E-state index in [0.717, 1.165) is 6.07 Å². The number of anilines is 1. The first-order valence-electron chi connectivity index (χ1n) is 6.05. The van der Waals surface area contributed by atoms with Crippen molar-refractivity contribution >= 4 is 21.4 Å². The monoisotopic (exact) mass is 304 g/mol. The topological polar surface area (TPSA) is 89.3 Å². The Bertz CT molecular complexity index is 646. The van der Waals surface area contributed by atoms with Gasteiger partial charge in [-0.3, -0.25) is 4.79 Å². The summed E-state index contributed by atoms with van der Waals surface area (Å²) in [5, 5.41) is 1.77. The van der Waals surface area contributed by atoms with Gasteiger partial charge < -0.3 is 11.1 Å². The number of carbonyl (C=O) groups excluding carboxylic acids is 1. The lowest BCUT2D eigenvalue weighted by atomic mass is 10.1. The maximum atomic E-state index is 13.1. The minimum atomic E-state index is -3.17. The largest absolute Gasteiger partial charge is 0.398 e. The standard InChI is InChI=1S/C12H14F2N2O3S/c13-9-4-8(11(15)5-10(9)14)12(17)16-6-7-2-1-3-20(7,18)19/h4-5,7H,1-3,6,15H2,(H,16,17). The van der Waals surface area contributed by atoms with E-state index in [1.165, 1.54) is 0 Å². The molecule has 1 heterocycles. The molecule has 5 nitrogen and oxygen atoms in total. The smallest absolute Gasteiger partial charge is 0.253 e. The van der Waals surface area contributed by atoms with Gasteiger partial charge in [0.2, 0.25) is 0 Å². The lowest BCUT2D eigenvalue weighted by molar-refractivity contribution is 0.0954. The van der Waals surface area contributed by atoms with Crippen LogP contribution in [0.5, 0.6) is 0 Å². The average Bonchev–Trinajstić information content (AvgIpc) is 2.70. The summed E-state index contributed by atoms with van der Waals surface area (Å²) in [5.41, 5.74) is 5.04. The van der Waals surface area contributed by atoms with Crippen LogP contribution in [-0.4, -0.2) is 31.9 Å². The van der Waals surface area contributed by atoms with Crippen molar-refractivity contribution in [3.05, 3.63) is 29.3 Å².